The van der Waals surface area contributed by atoms with Gasteiger partial charge in [-0.3, -0.25) is 9.48 Å². The number of likely N-dealkylation sites (tertiary alicyclic amines) is 1. The molecule has 0 radical (unpaired) electrons. The van der Waals surface area contributed by atoms with Gasteiger partial charge < -0.3 is 9.64 Å². The SMILES string of the molecule is O=C([C@@H]1OCC[C@@H]1Cn1cccn1)N1CCC(c2cccc(F)c2)CC1. The summed E-state index contributed by atoms with van der Waals surface area (Å²) < 4.78 is 21.1. The van der Waals surface area contributed by atoms with Gasteiger partial charge in [0.25, 0.3) is 5.91 Å². The second-order valence-electron chi connectivity index (χ2n) is 7.22. The number of benzene rings is 1. The average molecular weight is 357 g/mol. The van der Waals surface area contributed by atoms with Crippen molar-refractivity contribution in [2.75, 3.05) is 19.7 Å². The summed E-state index contributed by atoms with van der Waals surface area (Å²) in [7, 11) is 0. The zero-order valence-electron chi connectivity index (χ0n) is 14.8. The molecule has 1 amide bonds. The van der Waals surface area contributed by atoms with E-state index in [4.69, 9.17) is 4.74 Å². The Hall–Kier alpha value is -2.21. The van der Waals surface area contributed by atoms with Crippen molar-refractivity contribution in [1.29, 1.82) is 0 Å². The number of aromatic nitrogens is 2. The van der Waals surface area contributed by atoms with E-state index in [1.54, 1.807) is 18.3 Å². The van der Waals surface area contributed by atoms with Crippen molar-refractivity contribution in [2.45, 2.75) is 37.8 Å². The molecular weight excluding hydrogens is 333 g/mol. The van der Waals surface area contributed by atoms with Crippen molar-refractivity contribution in [3.63, 3.8) is 0 Å². The van der Waals surface area contributed by atoms with Crippen LogP contribution in [0.2, 0.25) is 0 Å². The summed E-state index contributed by atoms with van der Waals surface area (Å²) >= 11 is 0. The van der Waals surface area contributed by atoms with Gasteiger partial charge in [0, 0.05) is 44.6 Å². The largest absolute Gasteiger partial charge is 0.368 e. The Kier molecular flexibility index (Phi) is 5.02. The Morgan fingerprint density at radius 2 is 2.08 bits per heavy atom. The first-order chi connectivity index (χ1) is 12.7. The fourth-order valence-electron chi connectivity index (χ4n) is 4.12. The molecule has 1 aromatic heterocycles. The first-order valence-corrected chi connectivity index (χ1v) is 9.34. The Morgan fingerprint density at radius 1 is 1.23 bits per heavy atom. The molecule has 138 valence electrons. The highest BCUT2D eigenvalue weighted by atomic mass is 19.1. The topological polar surface area (TPSA) is 47.4 Å². The van der Waals surface area contributed by atoms with Crippen LogP contribution in [0.25, 0.3) is 0 Å². The summed E-state index contributed by atoms with van der Waals surface area (Å²) in [6, 6.07) is 8.71. The van der Waals surface area contributed by atoms with Gasteiger partial charge in [-0.1, -0.05) is 12.1 Å². The molecule has 6 heteroatoms. The molecule has 26 heavy (non-hydrogen) atoms. The lowest BCUT2D eigenvalue weighted by Crippen LogP contribution is -2.45. The van der Waals surface area contributed by atoms with E-state index >= 15 is 0 Å². The van der Waals surface area contributed by atoms with Crippen molar-refractivity contribution >= 4 is 5.91 Å². The highest BCUT2D eigenvalue weighted by Crippen LogP contribution is 2.31. The molecule has 2 aliphatic rings. The van der Waals surface area contributed by atoms with Crippen LogP contribution in [0.1, 0.15) is 30.7 Å². The van der Waals surface area contributed by atoms with Crippen LogP contribution in [0, 0.1) is 11.7 Å². The number of hydrogen-bond donors (Lipinski definition) is 0. The number of nitrogens with zero attached hydrogens (tertiary/aromatic N) is 3. The number of carbonyl (C=O) groups excluding carboxylic acids is 1. The van der Waals surface area contributed by atoms with Crippen LogP contribution >= 0.6 is 0 Å². The summed E-state index contributed by atoms with van der Waals surface area (Å²) in [6.07, 6.45) is 5.92. The van der Waals surface area contributed by atoms with E-state index in [0.717, 1.165) is 24.8 Å². The molecule has 0 N–H and O–H groups in total. The average Bonchev–Trinajstić information content (AvgIpc) is 3.34. The monoisotopic (exact) mass is 357 g/mol. The zero-order chi connectivity index (χ0) is 17.9. The molecule has 0 saturated carbocycles. The lowest BCUT2D eigenvalue weighted by atomic mass is 9.89. The molecule has 2 atom stereocenters. The Morgan fingerprint density at radius 3 is 2.81 bits per heavy atom. The summed E-state index contributed by atoms with van der Waals surface area (Å²) in [5.74, 6) is 0.390. The minimum absolute atomic E-state index is 0.0948. The third kappa shape index (κ3) is 3.65. The van der Waals surface area contributed by atoms with Crippen molar-refractivity contribution in [1.82, 2.24) is 14.7 Å². The molecule has 0 bridgehead atoms. The van der Waals surface area contributed by atoms with Crippen molar-refractivity contribution in [2.24, 2.45) is 5.92 Å². The van der Waals surface area contributed by atoms with Gasteiger partial charge in [-0.15, -0.1) is 0 Å². The predicted octanol–water partition coefficient (Wildman–Crippen LogP) is 2.83. The molecule has 0 spiro atoms. The van der Waals surface area contributed by atoms with E-state index < -0.39 is 0 Å². The van der Waals surface area contributed by atoms with Gasteiger partial charge in [0.15, 0.2) is 0 Å². The lowest BCUT2D eigenvalue weighted by molar-refractivity contribution is -0.144. The van der Waals surface area contributed by atoms with E-state index in [1.807, 2.05) is 27.9 Å². The van der Waals surface area contributed by atoms with Gasteiger partial charge in [-0.25, -0.2) is 4.39 Å². The van der Waals surface area contributed by atoms with Crippen LogP contribution in [-0.4, -0.2) is 46.4 Å². The smallest absolute Gasteiger partial charge is 0.252 e. The Labute approximate surface area is 152 Å². The van der Waals surface area contributed by atoms with Crippen molar-refractivity contribution < 1.29 is 13.9 Å². The van der Waals surface area contributed by atoms with Gasteiger partial charge in [0.2, 0.25) is 0 Å². The highest BCUT2D eigenvalue weighted by Gasteiger charge is 2.38. The quantitative estimate of drug-likeness (QED) is 0.845. The predicted molar refractivity (Wildman–Crippen MR) is 95.0 cm³/mol. The third-order valence-corrected chi connectivity index (χ3v) is 5.57. The maximum absolute atomic E-state index is 13.4. The normalized spacial score (nSPS) is 24.1. The number of halogens is 1. The zero-order valence-corrected chi connectivity index (χ0v) is 14.8. The summed E-state index contributed by atoms with van der Waals surface area (Å²) in [6.45, 7) is 2.74. The lowest BCUT2D eigenvalue weighted by Gasteiger charge is -2.34. The number of ether oxygens (including phenoxy) is 1. The molecule has 2 saturated heterocycles. The third-order valence-electron chi connectivity index (χ3n) is 5.57. The van der Waals surface area contributed by atoms with Crippen LogP contribution in [-0.2, 0) is 16.1 Å². The van der Waals surface area contributed by atoms with E-state index in [2.05, 4.69) is 5.10 Å². The van der Waals surface area contributed by atoms with E-state index in [0.29, 0.717) is 32.2 Å². The number of hydrogen-bond acceptors (Lipinski definition) is 3. The van der Waals surface area contributed by atoms with Crippen LogP contribution < -0.4 is 0 Å². The second-order valence-corrected chi connectivity index (χ2v) is 7.22. The fraction of sp³-hybridized carbons (Fsp3) is 0.500. The van der Waals surface area contributed by atoms with E-state index in [-0.39, 0.29) is 23.7 Å². The van der Waals surface area contributed by atoms with Crippen LogP contribution in [0.5, 0.6) is 0 Å². The first-order valence-electron chi connectivity index (χ1n) is 9.34. The molecule has 0 aliphatic carbocycles. The molecule has 2 aromatic rings. The fourth-order valence-corrected chi connectivity index (χ4v) is 4.12. The molecule has 2 aliphatic heterocycles. The second kappa shape index (κ2) is 7.58. The van der Waals surface area contributed by atoms with Crippen molar-refractivity contribution in [3.05, 3.63) is 54.1 Å². The Balaban J connectivity index is 1.35. The molecular formula is C20H24FN3O2. The molecule has 2 fully saturated rings. The Bertz CT molecular complexity index is 741. The summed E-state index contributed by atoms with van der Waals surface area (Å²) in [5, 5.41) is 4.24. The van der Waals surface area contributed by atoms with E-state index in [9.17, 15) is 9.18 Å². The summed E-state index contributed by atoms with van der Waals surface area (Å²) in [4.78, 5) is 14.9. The maximum atomic E-state index is 13.4. The van der Waals surface area contributed by atoms with Gasteiger partial charge in [0.05, 0.1) is 0 Å². The number of rotatable bonds is 4. The van der Waals surface area contributed by atoms with Gasteiger partial charge in [0.1, 0.15) is 11.9 Å². The molecule has 1 aromatic carbocycles. The summed E-state index contributed by atoms with van der Waals surface area (Å²) in [5.41, 5.74) is 1.03. The minimum atomic E-state index is -0.370. The van der Waals surface area contributed by atoms with Gasteiger partial charge in [-0.05, 0) is 48.9 Å². The molecule has 4 rings (SSSR count). The number of carbonyl (C=O) groups is 1. The van der Waals surface area contributed by atoms with Crippen LogP contribution in [0.3, 0.4) is 0 Å². The van der Waals surface area contributed by atoms with Crippen molar-refractivity contribution in [3.8, 4) is 0 Å². The molecule has 3 heterocycles. The minimum Gasteiger partial charge on any atom is -0.368 e. The van der Waals surface area contributed by atoms with Gasteiger partial charge in [-0.2, -0.15) is 5.10 Å². The maximum Gasteiger partial charge on any atom is 0.252 e. The number of amides is 1. The van der Waals surface area contributed by atoms with Crippen LogP contribution in [0.15, 0.2) is 42.7 Å². The van der Waals surface area contributed by atoms with Gasteiger partial charge >= 0.3 is 0 Å². The standard InChI is InChI=1S/C20H24FN3O2/c21-18-4-1-3-16(13-18)15-5-10-23(11-6-15)20(25)19-17(7-12-26-19)14-24-9-2-8-22-24/h1-4,8-9,13,15,17,19H,5-7,10-12,14H2/t17-,19-/m1/s1. The highest BCUT2D eigenvalue weighted by molar-refractivity contribution is 5.81. The molecule has 0 unspecified atom stereocenters. The molecule has 5 nitrogen and oxygen atoms in total. The number of piperidine rings is 1. The van der Waals surface area contributed by atoms with E-state index in [1.165, 1.54) is 6.07 Å². The van der Waals surface area contributed by atoms with Crippen LogP contribution in [0.4, 0.5) is 4.39 Å². The first kappa shape index (κ1) is 17.2.